The molecule has 0 spiro atoms. The fourth-order valence-corrected chi connectivity index (χ4v) is 5.11. The Balaban J connectivity index is 1.49. The number of rotatable bonds is 9. The lowest BCUT2D eigenvalue weighted by Gasteiger charge is -2.08. The highest BCUT2D eigenvalue weighted by molar-refractivity contribution is 7.15. The fraction of sp³-hybridized carbons (Fsp3) is 0.308. The summed E-state index contributed by atoms with van der Waals surface area (Å²) in [7, 11) is 0. The van der Waals surface area contributed by atoms with Gasteiger partial charge in [0.1, 0.15) is 10.8 Å². The van der Waals surface area contributed by atoms with Crippen molar-refractivity contribution in [2.24, 2.45) is 0 Å². The maximum absolute atomic E-state index is 12.9. The third kappa shape index (κ3) is 5.51. The Morgan fingerprint density at radius 1 is 1.17 bits per heavy atom. The molecule has 0 bridgehead atoms. The summed E-state index contributed by atoms with van der Waals surface area (Å²) in [5.74, 6) is -0.909. The number of fused-ring (bicyclic) bond motifs is 1. The molecule has 0 aliphatic rings. The van der Waals surface area contributed by atoms with Crippen LogP contribution in [0.3, 0.4) is 0 Å². The van der Waals surface area contributed by atoms with Crippen LogP contribution in [0.1, 0.15) is 47.9 Å². The van der Waals surface area contributed by atoms with Gasteiger partial charge in [-0.3, -0.25) is 4.79 Å². The van der Waals surface area contributed by atoms with E-state index in [-0.39, 0.29) is 0 Å². The van der Waals surface area contributed by atoms with Crippen LogP contribution >= 0.6 is 11.3 Å². The molecule has 0 fully saturated rings. The van der Waals surface area contributed by atoms with Crippen molar-refractivity contribution in [1.82, 2.24) is 9.97 Å². The van der Waals surface area contributed by atoms with Gasteiger partial charge in [0.25, 0.3) is 0 Å². The largest absolute Gasteiger partial charge is 0.493 e. The number of aliphatic carboxylic acids is 1. The van der Waals surface area contributed by atoms with Gasteiger partial charge in [0.05, 0.1) is 23.8 Å². The molecule has 2 heterocycles. The Kier molecular flexibility index (Phi) is 7.16. The number of carboxylic acids is 1. The van der Waals surface area contributed by atoms with Gasteiger partial charge in [0.15, 0.2) is 0 Å². The number of aryl methyl sites for hydroxylation is 1. The van der Waals surface area contributed by atoms with Gasteiger partial charge in [-0.15, -0.1) is 11.3 Å². The van der Waals surface area contributed by atoms with E-state index in [0.29, 0.717) is 34.9 Å². The Morgan fingerprint density at radius 3 is 2.57 bits per heavy atom. The number of alkyl halides is 3. The van der Waals surface area contributed by atoms with Crippen molar-refractivity contribution >= 4 is 28.2 Å². The highest BCUT2D eigenvalue weighted by Gasteiger charge is 2.30. The number of aromatic amines is 1. The Hall–Kier alpha value is -3.33. The first kappa shape index (κ1) is 24.8. The lowest BCUT2D eigenvalue weighted by Crippen LogP contribution is -2.06. The van der Waals surface area contributed by atoms with E-state index in [0.717, 1.165) is 46.4 Å². The molecule has 5 nitrogen and oxygen atoms in total. The SMILES string of the molecule is CCCc1sc(-c2ccc(C(F)(F)F)cc2)nc1CCOc1ccc2[nH]cc(C(C)C(=O)O)c2c1. The van der Waals surface area contributed by atoms with Crippen LogP contribution in [0.25, 0.3) is 21.5 Å². The average Bonchev–Trinajstić information content (AvgIpc) is 3.42. The van der Waals surface area contributed by atoms with Crippen molar-refractivity contribution in [1.29, 1.82) is 0 Å². The van der Waals surface area contributed by atoms with Crippen molar-refractivity contribution in [3.63, 3.8) is 0 Å². The van der Waals surface area contributed by atoms with Gasteiger partial charge in [-0.05, 0) is 49.2 Å². The van der Waals surface area contributed by atoms with Gasteiger partial charge < -0.3 is 14.8 Å². The van der Waals surface area contributed by atoms with Gasteiger partial charge in [0.2, 0.25) is 0 Å². The zero-order chi connectivity index (χ0) is 25.2. The van der Waals surface area contributed by atoms with E-state index >= 15 is 0 Å². The first-order valence-corrected chi connectivity index (χ1v) is 12.1. The highest BCUT2D eigenvalue weighted by atomic mass is 32.1. The number of aromatic nitrogens is 2. The number of hydrogen-bond acceptors (Lipinski definition) is 4. The van der Waals surface area contributed by atoms with Gasteiger partial charge in [-0.2, -0.15) is 13.2 Å². The number of benzene rings is 2. The molecular weight excluding hydrogens is 477 g/mol. The molecule has 4 rings (SSSR count). The molecule has 2 N–H and O–H groups in total. The Morgan fingerprint density at radius 2 is 1.91 bits per heavy atom. The van der Waals surface area contributed by atoms with E-state index in [2.05, 4.69) is 11.9 Å². The molecule has 1 unspecified atom stereocenters. The van der Waals surface area contributed by atoms with E-state index < -0.39 is 23.6 Å². The van der Waals surface area contributed by atoms with Crippen LogP contribution in [0.15, 0.2) is 48.7 Å². The quantitative estimate of drug-likeness (QED) is 0.257. The predicted molar refractivity (Wildman–Crippen MR) is 130 cm³/mol. The standard InChI is InChI=1S/C26H25F3N2O3S/c1-3-4-23-22(31-24(35-23)16-5-7-17(8-6-16)26(27,28)29)11-12-34-18-9-10-21-19(13-18)20(14-30-21)15(2)25(32)33/h5-10,13-15,30H,3-4,11-12H2,1-2H3,(H,32,33). The first-order valence-electron chi connectivity index (χ1n) is 11.3. The molecule has 0 aliphatic carbocycles. The highest BCUT2D eigenvalue weighted by Crippen LogP contribution is 2.34. The van der Waals surface area contributed by atoms with Crippen LogP contribution in [0, 0.1) is 0 Å². The molecule has 35 heavy (non-hydrogen) atoms. The lowest BCUT2D eigenvalue weighted by atomic mass is 10.0. The summed E-state index contributed by atoms with van der Waals surface area (Å²) in [6.07, 6.45) is -0.345. The monoisotopic (exact) mass is 502 g/mol. The second-order valence-electron chi connectivity index (χ2n) is 8.32. The molecule has 0 aliphatic heterocycles. The number of nitrogens with one attached hydrogen (secondary N) is 1. The summed E-state index contributed by atoms with van der Waals surface area (Å²) in [5.41, 5.74) is 2.40. The van der Waals surface area contributed by atoms with E-state index in [1.54, 1.807) is 13.1 Å². The minimum Gasteiger partial charge on any atom is -0.493 e. The second kappa shape index (κ2) is 10.1. The summed E-state index contributed by atoms with van der Waals surface area (Å²) < 4.78 is 44.6. The van der Waals surface area contributed by atoms with Crippen LogP contribution in [0.4, 0.5) is 13.2 Å². The van der Waals surface area contributed by atoms with Crippen LogP contribution in [-0.2, 0) is 23.8 Å². The second-order valence-corrected chi connectivity index (χ2v) is 9.41. The predicted octanol–water partition coefficient (Wildman–Crippen LogP) is 7.07. The smallest absolute Gasteiger partial charge is 0.416 e. The molecule has 2 aromatic heterocycles. The Labute approximate surface area is 204 Å². The third-order valence-electron chi connectivity index (χ3n) is 5.84. The van der Waals surface area contributed by atoms with Crippen LogP contribution in [0.5, 0.6) is 5.75 Å². The maximum Gasteiger partial charge on any atom is 0.416 e. The van der Waals surface area contributed by atoms with E-state index in [9.17, 15) is 23.1 Å². The topological polar surface area (TPSA) is 75.2 Å². The summed E-state index contributed by atoms with van der Waals surface area (Å²) in [6.45, 7) is 4.08. The number of H-pyrrole nitrogens is 1. The van der Waals surface area contributed by atoms with Gasteiger partial charge in [0, 0.05) is 34.0 Å². The van der Waals surface area contributed by atoms with E-state index in [1.165, 1.54) is 23.5 Å². The normalized spacial score (nSPS) is 12.7. The molecule has 9 heteroatoms. The molecule has 184 valence electrons. The fourth-order valence-electron chi connectivity index (χ4n) is 3.89. The van der Waals surface area contributed by atoms with Crippen molar-refractivity contribution in [3.05, 3.63) is 70.4 Å². The molecule has 2 aromatic carbocycles. The van der Waals surface area contributed by atoms with Crippen molar-refractivity contribution in [2.75, 3.05) is 6.61 Å². The van der Waals surface area contributed by atoms with E-state index in [4.69, 9.17) is 9.72 Å². The lowest BCUT2D eigenvalue weighted by molar-refractivity contribution is -0.138. The summed E-state index contributed by atoms with van der Waals surface area (Å²) in [5, 5.41) is 10.9. The summed E-state index contributed by atoms with van der Waals surface area (Å²) >= 11 is 1.50. The van der Waals surface area contributed by atoms with Crippen LogP contribution in [-0.4, -0.2) is 27.7 Å². The van der Waals surface area contributed by atoms with Crippen LogP contribution in [0.2, 0.25) is 0 Å². The number of hydrogen-bond donors (Lipinski definition) is 2. The molecule has 0 saturated heterocycles. The van der Waals surface area contributed by atoms with Crippen molar-refractivity contribution < 1.29 is 27.8 Å². The summed E-state index contributed by atoms with van der Waals surface area (Å²) in [6, 6.07) is 10.6. The van der Waals surface area contributed by atoms with E-state index in [1.807, 2.05) is 18.2 Å². The van der Waals surface area contributed by atoms with Gasteiger partial charge >= 0.3 is 12.1 Å². The number of thiazole rings is 1. The molecular formula is C26H25F3N2O3S. The molecule has 0 radical (unpaired) electrons. The average molecular weight is 503 g/mol. The zero-order valence-electron chi connectivity index (χ0n) is 19.3. The Bertz CT molecular complexity index is 1330. The van der Waals surface area contributed by atoms with Crippen molar-refractivity contribution in [2.45, 2.75) is 45.2 Å². The number of halogens is 3. The maximum atomic E-state index is 12.9. The zero-order valence-corrected chi connectivity index (χ0v) is 20.1. The molecule has 0 saturated carbocycles. The minimum atomic E-state index is -4.37. The number of ether oxygens (including phenoxy) is 1. The van der Waals surface area contributed by atoms with Crippen LogP contribution < -0.4 is 4.74 Å². The van der Waals surface area contributed by atoms with Gasteiger partial charge in [-0.25, -0.2) is 4.98 Å². The molecule has 0 amide bonds. The first-order chi connectivity index (χ1) is 16.7. The summed E-state index contributed by atoms with van der Waals surface area (Å²) in [4.78, 5) is 20.3. The third-order valence-corrected chi connectivity index (χ3v) is 7.05. The van der Waals surface area contributed by atoms with Gasteiger partial charge in [-0.1, -0.05) is 25.5 Å². The molecule has 1 atom stereocenters. The number of nitrogens with zero attached hydrogens (tertiary/aromatic N) is 1. The van der Waals surface area contributed by atoms with Crippen molar-refractivity contribution in [3.8, 4) is 16.3 Å². The minimum absolute atomic E-state index is 0.368. The molecule has 4 aromatic rings. The number of carboxylic acid groups (broad SMARTS) is 1. The number of carbonyl (C=O) groups is 1.